The fourth-order valence-electron chi connectivity index (χ4n) is 1.71. The molecule has 1 aliphatic rings. The molecule has 0 aromatic rings. The van der Waals surface area contributed by atoms with Crippen LogP contribution >= 0.6 is 0 Å². The number of likely N-dealkylation sites (N-methyl/N-ethyl adjacent to an activating group) is 1. The number of aliphatic hydroxyl groups is 2. The number of hydrogen-bond donors (Lipinski definition) is 3. The van der Waals surface area contributed by atoms with E-state index in [-0.39, 0.29) is 18.8 Å². The summed E-state index contributed by atoms with van der Waals surface area (Å²) in [7, 11) is 0. The van der Waals surface area contributed by atoms with Gasteiger partial charge in [0.15, 0.2) is 0 Å². The number of aliphatic hydroxyl groups excluding tert-OH is 2. The molecule has 0 aromatic carbocycles. The highest BCUT2D eigenvalue weighted by Gasteiger charge is 2.28. The molecule has 1 aliphatic heterocycles. The van der Waals surface area contributed by atoms with Crippen molar-refractivity contribution in [3.05, 3.63) is 0 Å². The first-order valence-corrected chi connectivity index (χ1v) is 4.53. The Labute approximate surface area is 73.2 Å². The van der Waals surface area contributed by atoms with E-state index < -0.39 is 0 Å². The van der Waals surface area contributed by atoms with E-state index in [0.717, 1.165) is 13.1 Å². The monoisotopic (exact) mass is 174 g/mol. The Balaban J connectivity index is 2.41. The van der Waals surface area contributed by atoms with Crippen LogP contribution in [0.3, 0.4) is 0 Å². The summed E-state index contributed by atoms with van der Waals surface area (Å²) in [5, 5.41) is 21.4. The summed E-state index contributed by atoms with van der Waals surface area (Å²) in [6, 6.07) is 0.183. The second kappa shape index (κ2) is 4.77. The molecule has 0 aliphatic carbocycles. The molecular formula is C8H18N2O2. The van der Waals surface area contributed by atoms with E-state index in [0.29, 0.717) is 13.1 Å². The molecule has 72 valence electrons. The summed E-state index contributed by atoms with van der Waals surface area (Å²) in [5.74, 6) is 0. The quantitative estimate of drug-likeness (QED) is 0.492. The molecule has 1 saturated heterocycles. The highest BCUT2D eigenvalue weighted by Crippen LogP contribution is 2.08. The van der Waals surface area contributed by atoms with Crippen molar-refractivity contribution in [3.63, 3.8) is 0 Å². The normalized spacial score (nSPS) is 30.0. The van der Waals surface area contributed by atoms with Gasteiger partial charge in [-0.2, -0.15) is 0 Å². The van der Waals surface area contributed by atoms with Crippen LogP contribution in [0.1, 0.15) is 6.92 Å². The molecule has 1 fully saturated rings. The van der Waals surface area contributed by atoms with Crippen LogP contribution in [-0.4, -0.2) is 60.0 Å². The standard InChI is InChI=1S/C8H18N2O2/c1-2-10(3-4-11)7-5-9-6-8(7)12/h7-9,11-12H,2-6H2,1H3/t7-,8-/m1/s1. The molecule has 0 unspecified atom stereocenters. The van der Waals surface area contributed by atoms with Gasteiger partial charge in [-0.1, -0.05) is 6.92 Å². The lowest BCUT2D eigenvalue weighted by molar-refractivity contribution is 0.0740. The number of rotatable bonds is 4. The van der Waals surface area contributed by atoms with Crippen LogP contribution in [0.4, 0.5) is 0 Å². The lowest BCUT2D eigenvalue weighted by Crippen LogP contribution is -2.44. The largest absolute Gasteiger partial charge is 0.395 e. The second-order valence-electron chi connectivity index (χ2n) is 3.15. The summed E-state index contributed by atoms with van der Waals surface area (Å²) in [4.78, 5) is 2.10. The Hall–Kier alpha value is -0.160. The summed E-state index contributed by atoms with van der Waals surface area (Å²) in [6.45, 7) is 5.24. The first-order valence-electron chi connectivity index (χ1n) is 4.53. The van der Waals surface area contributed by atoms with Gasteiger partial charge < -0.3 is 15.5 Å². The zero-order valence-electron chi connectivity index (χ0n) is 7.53. The van der Waals surface area contributed by atoms with Crippen LogP contribution in [-0.2, 0) is 0 Å². The predicted octanol–water partition coefficient (Wildman–Crippen LogP) is -1.37. The van der Waals surface area contributed by atoms with E-state index in [4.69, 9.17) is 5.11 Å². The predicted molar refractivity (Wildman–Crippen MR) is 47.0 cm³/mol. The third-order valence-corrected chi connectivity index (χ3v) is 2.41. The molecule has 1 heterocycles. The van der Waals surface area contributed by atoms with Crippen molar-refractivity contribution in [3.8, 4) is 0 Å². The van der Waals surface area contributed by atoms with E-state index in [1.807, 2.05) is 6.92 Å². The van der Waals surface area contributed by atoms with Gasteiger partial charge in [0, 0.05) is 25.7 Å². The van der Waals surface area contributed by atoms with Crippen molar-refractivity contribution in [1.29, 1.82) is 0 Å². The SMILES string of the molecule is CCN(CCO)[C@@H]1CNC[C@H]1O. The maximum absolute atomic E-state index is 9.53. The summed E-state index contributed by atoms with van der Waals surface area (Å²) in [5.41, 5.74) is 0. The van der Waals surface area contributed by atoms with Crippen molar-refractivity contribution in [2.75, 3.05) is 32.8 Å². The number of β-amino-alcohol motifs (C(OH)–C–C–N with tert-alkyl or cyclic N) is 1. The van der Waals surface area contributed by atoms with Crippen molar-refractivity contribution < 1.29 is 10.2 Å². The van der Waals surface area contributed by atoms with Crippen molar-refractivity contribution in [1.82, 2.24) is 10.2 Å². The highest BCUT2D eigenvalue weighted by molar-refractivity contribution is 4.87. The molecule has 3 N–H and O–H groups in total. The van der Waals surface area contributed by atoms with E-state index in [2.05, 4.69) is 10.2 Å². The van der Waals surface area contributed by atoms with Gasteiger partial charge in [0.1, 0.15) is 0 Å². The lowest BCUT2D eigenvalue weighted by Gasteiger charge is -2.28. The van der Waals surface area contributed by atoms with Gasteiger partial charge in [-0.15, -0.1) is 0 Å². The Morgan fingerprint density at radius 1 is 1.50 bits per heavy atom. The first-order chi connectivity index (χ1) is 5.79. The van der Waals surface area contributed by atoms with Crippen molar-refractivity contribution in [2.45, 2.75) is 19.1 Å². The summed E-state index contributed by atoms with van der Waals surface area (Å²) in [6.07, 6.45) is -0.281. The number of nitrogens with zero attached hydrogens (tertiary/aromatic N) is 1. The minimum atomic E-state index is -0.281. The number of nitrogens with one attached hydrogen (secondary N) is 1. The molecule has 4 nitrogen and oxygen atoms in total. The molecule has 0 saturated carbocycles. The molecular weight excluding hydrogens is 156 g/mol. The topological polar surface area (TPSA) is 55.7 Å². The minimum Gasteiger partial charge on any atom is -0.395 e. The van der Waals surface area contributed by atoms with Gasteiger partial charge in [0.25, 0.3) is 0 Å². The van der Waals surface area contributed by atoms with Gasteiger partial charge >= 0.3 is 0 Å². The third-order valence-electron chi connectivity index (χ3n) is 2.41. The van der Waals surface area contributed by atoms with Gasteiger partial charge in [-0.05, 0) is 6.54 Å². The Morgan fingerprint density at radius 2 is 2.25 bits per heavy atom. The van der Waals surface area contributed by atoms with E-state index in [1.165, 1.54) is 0 Å². The Morgan fingerprint density at radius 3 is 2.67 bits per heavy atom. The Bertz CT molecular complexity index is 132. The van der Waals surface area contributed by atoms with Crippen LogP contribution in [0, 0.1) is 0 Å². The van der Waals surface area contributed by atoms with Crippen molar-refractivity contribution in [2.24, 2.45) is 0 Å². The van der Waals surface area contributed by atoms with E-state index in [1.54, 1.807) is 0 Å². The molecule has 0 amide bonds. The maximum atomic E-state index is 9.53. The Kier molecular flexibility index (Phi) is 3.94. The van der Waals surface area contributed by atoms with E-state index >= 15 is 0 Å². The smallest absolute Gasteiger partial charge is 0.0831 e. The van der Waals surface area contributed by atoms with Crippen LogP contribution in [0.15, 0.2) is 0 Å². The third kappa shape index (κ3) is 2.17. The molecule has 4 heteroatoms. The van der Waals surface area contributed by atoms with Crippen LogP contribution in [0.2, 0.25) is 0 Å². The molecule has 0 spiro atoms. The lowest BCUT2D eigenvalue weighted by atomic mass is 10.2. The average Bonchev–Trinajstić information content (AvgIpc) is 2.47. The average molecular weight is 174 g/mol. The second-order valence-corrected chi connectivity index (χ2v) is 3.15. The molecule has 1 rings (SSSR count). The number of hydrogen-bond acceptors (Lipinski definition) is 4. The zero-order valence-corrected chi connectivity index (χ0v) is 7.53. The van der Waals surface area contributed by atoms with E-state index in [9.17, 15) is 5.11 Å². The van der Waals surface area contributed by atoms with Gasteiger partial charge in [0.2, 0.25) is 0 Å². The summed E-state index contributed by atoms with van der Waals surface area (Å²) >= 11 is 0. The molecule has 0 aromatic heterocycles. The van der Waals surface area contributed by atoms with Crippen LogP contribution in [0.25, 0.3) is 0 Å². The zero-order chi connectivity index (χ0) is 8.97. The fraction of sp³-hybridized carbons (Fsp3) is 1.00. The molecule has 0 radical (unpaired) electrons. The van der Waals surface area contributed by atoms with Gasteiger partial charge in [-0.25, -0.2) is 0 Å². The van der Waals surface area contributed by atoms with Crippen molar-refractivity contribution >= 4 is 0 Å². The summed E-state index contributed by atoms with van der Waals surface area (Å²) < 4.78 is 0. The fourth-order valence-corrected chi connectivity index (χ4v) is 1.71. The molecule has 2 atom stereocenters. The van der Waals surface area contributed by atoms with Crippen LogP contribution in [0.5, 0.6) is 0 Å². The minimum absolute atomic E-state index is 0.164. The first kappa shape index (κ1) is 9.92. The van der Waals surface area contributed by atoms with Crippen LogP contribution < -0.4 is 5.32 Å². The highest BCUT2D eigenvalue weighted by atomic mass is 16.3. The molecule has 12 heavy (non-hydrogen) atoms. The van der Waals surface area contributed by atoms with Gasteiger partial charge in [-0.3, -0.25) is 4.90 Å². The van der Waals surface area contributed by atoms with Gasteiger partial charge in [0.05, 0.1) is 12.7 Å². The maximum Gasteiger partial charge on any atom is 0.0831 e. The molecule has 0 bridgehead atoms.